The lowest BCUT2D eigenvalue weighted by molar-refractivity contribution is 0.225. The average Bonchev–Trinajstić information content (AvgIpc) is 2.38. The largest absolute Gasteiger partial charge is 0.359 e. The van der Waals surface area contributed by atoms with E-state index in [1.54, 1.807) is 12.1 Å². The Morgan fingerprint density at radius 2 is 1.89 bits per heavy atom. The van der Waals surface area contributed by atoms with Gasteiger partial charge in [0.25, 0.3) is 0 Å². The highest BCUT2D eigenvalue weighted by Gasteiger charge is 2.27. The molecule has 0 saturated heterocycles. The predicted molar refractivity (Wildman–Crippen MR) is 81.7 cm³/mol. The molecule has 1 aliphatic rings. The molecule has 1 aliphatic carbocycles. The van der Waals surface area contributed by atoms with E-state index >= 15 is 0 Å². The zero-order chi connectivity index (χ0) is 13.8. The molecule has 3 unspecified atom stereocenters. The first-order valence-corrected chi connectivity index (χ1v) is 7.30. The zero-order valence-corrected chi connectivity index (χ0v) is 12.3. The minimum atomic E-state index is -0.237. The number of nitrogens with one attached hydrogen (secondary N) is 2. The monoisotopic (exact) mass is 280 g/mol. The van der Waals surface area contributed by atoms with Crippen LogP contribution in [0.2, 0.25) is 0 Å². The Balaban J connectivity index is 1.88. The molecule has 0 radical (unpaired) electrons. The Hall–Kier alpha value is -1.16. The number of halogens is 1. The molecule has 0 aromatic heterocycles. The molecule has 2 rings (SSSR count). The van der Waals surface area contributed by atoms with Crippen molar-refractivity contribution in [1.29, 1.82) is 0 Å². The maximum Gasteiger partial charge on any atom is 0.171 e. The predicted octanol–water partition coefficient (Wildman–Crippen LogP) is 3.94. The summed E-state index contributed by atoms with van der Waals surface area (Å²) in [4.78, 5) is 0. The SMILES string of the molecule is CC1CCCC(NC(=S)Nc2ccc(F)cc2)C1C. The first-order chi connectivity index (χ1) is 9.06. The lowest BCUT2D eigenvalue weighted by Crippen LogP contribution is -2.45. The van der Waals surface area contributed by atoms with E-state index in [0.717, 1.165) is 18.0 Å². The van der Waals surface area contributed by atoms with Gasteiger partial charge in [-0.2, -0.15) is 0 Å². The van der Waals surface area contributed by atoms with Gasteiger partial charge in [0.05, 0.1) is 0 Å². The van der Waals surface area contributed by atoms with Gasteiger partial charge in [-0.3, -0.25) is 0 Å². The zero-order valence-electron chi connectivity index (χ0n) is 11.4. The molecule has 1 aromatic rings. The second kappa shape index (κ2) is 6.33. The number of benzene rings is 1. The van der Waals surface area contributed by atoms with Crippen molar-refractivity contribution < 1.29 is 4.39 Å². The number of hydrogen-bond acceptors (Lipinski definition) is 1. The molecule has 1 fully saturated rings. The van der Waals surface area contributed by atoms with Crippen molar-refractivity contribution in [2.75, 3.05) is 5.32 Å². The minimum absolute atomic E-state index is 0.237. The fourth-order valence-electron chi connectivity index (χ4n) is 2.65. The van der Waals surface area contributed by atoms with Crippen LogP contribution in [0.4, 0.5) is 10.1 Å². The summed E-state index contributed by atoms with van der Waals surface area (Å²) in [6.07, 6.45) is 3.72. The molecular formula is C15H21FN2S. The highest BCUT2D eigenvalue weighted by molar-refractivity contribution is 7.80. The van der Waals surface area contributed by atoms with E-state index in [1.807, 2.05) is 0 Å². The minimum Gasteiger partial charge on any atom is -0.359 e. The van der Waals surface area contributed by atoms with Crippen LogP contribution in [-0.4, -0.2) is 11.2 Å². The Morgan fingerprint density at radius 3 is 2.58 bits per heavy atom. The summed E-state index contributed by atoms with van der Waals surface area (Å²) in [5.74, 6) is 1.13. The third-order valence-electron chi connectivity index (χ3n) is 4.13. The van der Waals surface area contributed by atoms with Crippen molar-refractivity contribution in [2.24, 2.45) is 11.8 Å². The van der Waals surface area contributed by atoms with Gasteiger partial charge in [-0.15, -0.1) is 0 Å². The Morgan fingerprint density at radius 1 is 1.21 bits per heavy atom. The molecule has 0 spiro atoms. The number of hydrogen-bond donors (Lipinski definition) is 2. The molecule has 0 aliphatic heterocycles. The fraction of sp³-hybridized carbons (Fsp3) is 0.533. The van der Waals surface area contributed by atoms with Gasteiger partial charge in [0.1, 0.15) is 5.82 Å². The third-order valence-corrected chi connectivity index (χ3v) is 4.35. The lowest BCUT2D eigenvalue weighted by Gasteiger charge is -2.35. The Kier molecular flexibility index (Phi) is 4.75. The van der Waals surface area contributed by atoms with Crippen LogP contribution in [0.3, 0.4) is 0 Å². The van der Waals surface area contributed by atoms with Crippen LogP contribution >= 0.6 is 12.2 Å². The summed E-state index contributed by atoms with van der Waals surface area (Å²) in [7, 11) is 0. The standard InChI is InChI=1S/C15H21FN2S/c1-10-4-3-5-14(11(10)2)18-15(19)17-13-8-6-12(16)7-9-13/h6-11,14H,3-5H2,1-2H3,(H2,17,18,19). The van der Waals surface area contributed by atoms with Crippen molar-refractivity contribution in [3.8, 4) is 0 Å². The molecule has 3 atom stereocenters. The topological polar surface area (TPSA) is 24.1 Å². The van der Waals surface area contributed by atoms with Crippen molar-refractivity contribution >= 4 is 23.0 Å². The molecular weight excluding hydrogens is 259 g/mol. The van der Waals surface area contributed by atoms with Crippen molar-refractivity contribution in [3.05, 3.63) is 30.1 Å². The number of thiocarbonyl (C=S) groups is 1. The summed E-state index contributed by atoms with van der Waals surface area (Å²) in [6.45, 7) is 4.58. The summed E-state index contributed by atoms with van der Waals surface area (Å²) in [5.41, 5.74) is 0.815. The van der Waals surface area contributed by atoms with Gasteiger partial charge in [-0.1, -0.05) is 26.7 Å². The smallest absolute Gasteiger partial charge is 0.171 e. The van der Waals surface area contributed by atoms with Crippen molar-refractivity contribution in [1.82, 2.24) is 5.32 Å². The van der Waals surface area contributed by atoms with E-state index in [9.17, 15) is 4.39 Å². The van der Waals surface area contributed by atoms with E-state index in [1.165, 1.54) is 25.0 Å². The Bertz CT molecular complexity index is 432. The molecule has 0 bridgehead atoms. The average molecular weight is 280 g/mol. The highest BCUT2D eigenvalue weighted by atomic mass is 32.1. The van der Waals surface area contributed by atoms with Crippen LogP contribution in [0, 0.1) is 17.7 Å². The molecule has 2 nitrogen and oxygen atoms in total. The molecule has 104 valence electrons. The molecule has 0 amide bonds. The maximum absolute atomic E-state index is 12.8. The highest BCUT2D eigenvalue weighted by Crippen LogP contribution is 2.29. The van der Waals surface area contributed by atoms with Crippen LogP contribution in [-0.2, 0) is 0 Å². The van der Waals surface area contributed by atoms with Crippen LogP contribution < -0.4 is 10.6 Å². The van der Waals surface area contributed by atoms with Crippen LogP contribution in [0.1, 0.15) is 33.1 Å². The summed E-state index contributed by atoms with van der Waals surface area (Å²) in [5, 5.41) is 7.12. The lowest BCUT2D eigenvalue weighted by atomic mass is 9.78. The molecule has 19 heavy (non-hydrogen) atoms. The van der Waals surface area contributed by atoms with Gasteiger partial charge < -0.3 is 10.6 Å². The van der Waals surface area contributed by atoms with E-state index < -0.39 is 0 Å². The second-order valence-electron chi connectivity index (χ2n) is 5.48. The van der Waals surface area contributed by atoms with Gasteiger partial charge in [0, 0.05) is 11.7 Å². The summed E-state index contributed by atoms with van der Waals surface area (Å²) in [6, 6.07) is 6.67. The Labute approximate surface area is 119 Å². The van der Waals surface area contributed by atoms with Gasteiger partial charge in [0.2, 0.25) is 0 Å². The summed E-state index contributed by atoms with van der Waals surface area (Å²) < 4.78 is 12.8. The van der Waals surface area contributed by atoms with Crippen LogP contribution in [0.25, 0.3) is 0 Å². The number of anilines is 1. The fourth-order valence-corrected chi connectivity index (χ4v) is 2.92. The molecule has 4 heteroatoms. The molecule has 0 heterocycles. The molecule has 1 saturated carbocycles. The van der Waals surface area contributed by atoms with E-state index in [0.29, 0.717) is 17.1 Å². The van der Waals surface area contributed by atoms with Gasteiger partial charge in [-0.25, -0.2) is 4.39 Å². The first kappa shape index (κ1) is 14.3. The van der Waals surface area contributed by atoms with Gasteiger partial charge >= 0.3 is 0 Å². The summed E-state index contributed by atoms with van der Waals surface area (Å²) >= 11 is 5.33. The van der Waals surface area contributed by atoms with E-state index in [4.69, 9.17) is 12.2 Å². The maximum atomic E-state index is 12.8. The van der Waals surface area contributed by atoms with Crippen molar-refractivity contribution in [2.45, 2.75) is 39.2 Å². The second-order valence-corrected chi connectivity index (χ2v) is 5.89. The third kappa shape index (κ3) is 3.90. The van der Waals surface area contributed by atoms with E-state index in [2.05, 4.69) is 24.5 Å². The van der Waals surface area contributed by atoms with Crippen molar-refractivity contribution in [3.63, 3.8) is 0 Å². The first-order valence-electron chi connectivity index (χ1n) is 6.89. The molecule has 2 N–H and O–H groups in total. The normalized spacial score (nSPS) is 26.8. The van der Waals surface area contributed by atoms with Gasteiger partial charge in [0.15, 0.2) is 5.11 Å². The van der Waals surface area contributed by atoms with E-state index in [-0.39, 0.29) is 5.82 Å². The van der Waals surface area contributed by atoms with Crippen LogP contribution in [0.15, 0.2) is 24.3 Å². The van der Waals surface area contributed by atoms with Crippen LogP contribution in [0.5, 0.6) is 0 Å². The number of rotatable bonds is 2. The quantitative estimate of drug-likeness (QED) is 0.803. The molecule has 1 aromatic carbocycles. The van der Waals surface area contributed by atoms with Gasteiger partial charge in [-0.05, 0) is 54.7 Å².